The predicted octanol–water partition coefficient (Wildman–Crippen LogP) is 0.622. The smallest absolute Gasteiger partial charge is 0.164 e. The summed E-state index contributed by atoms with van der Waals surface area (Å²) >= 11 is 0. The van der Waals surface area contributed by atoms with E-state index in [-0.39, 0.29) is 12.6 Å². The quantitative estimate of drug-likeness (QED) is 0.766. The Morgan fingerprint density at radius 1 is 1.60 bits per heavy atom. The van der Waals surface area contributed by atoms with Crippen LogP contribution < -0.4 is 15.2 Å². The van der Waals surface area contributed by atoms with E-state index < -0.39 is 0 Å². The summed E-state index contributed by atoms with van der Waals surface area (Å²) < 4.78 is 10.7. The van der Waals surface area contributed by atoms with Crippen molar-refractivity contribution in [1.82, 2.24) is 0 Å². The molecule has 3 N–H and O–H groups in total. The Balaban J connectivity index is 2.47. The molecule has 0 aliphatic carbocycles. The molecular weight excluding hydrogens is 194 g/mol. The van der Waals surface area contributed by atoms with Crippen molar-refractivity contribution < 1.29 is 14.6 Å². The topological polar surface area (TPSA) is 64.7 Å². The molecule has 1 aromatic carbocycles. The van der Waals surface area contributed by atoms with Crippen LogP contribution in [0.1, 0.15) is 17.2 Å². The van der Waals surface area contributed by atoms with Crippen LogP contribution in [0.3, 0.4) is 0 Å². The molecule has 1 aliphatic heterocycles. The molecule has 1 atom stereocenters. The normalized spacial score (nSPS) is 15.7. The molecule has 0 saturated carbocycles. The van der Waals surface area contributed by atoms with Crippen LogP contribution in [0.4, 0.5) is 0 Å². The van der Waals surface area contributed by atoms with Gasteiger partial charge in [0.15, 0.2) is 11.5 Å². The molecule has 0 saturated heterocycles. The van der Waals surface area contributed by atoms with Gasteiger partial charge in [0, 0.05) is 12.0 Å². The highest BCUT2D eigenvalue weighted by Gasteiger charge is 2.23. The number of benzene rings is 1. The van der Waals surface area contributed by atoms with Crippen molar-refractivity contribution in [3.05, 3.63) is 23.3 Å². The van der Waals surface area contributed by atoms with Crippen molar-refractivity contribution in [1.29, 1.82) is 0 Å². The Labute approximate surface area is 88.6 Å². The number of aliphatic hydroxyl groups excluding tert-OH is 1. The molecule has 0 bridgehead atoms. The lowest BCUT2D eigenvalue weighted by Gasteiger charge is -2.14. The highest BCUT2D eigenvalue weighted by molar-refractivity contribution is 5.53. The van der Waals surface area contributed by atoms with Crippen molar-refractivity contribution >= 4 is 0 Å². The van der Waals surface area contributed by atoms with Gasteiger partial charge in [-0.25, -0.2) is 0 Å². The van der Waals surface area contributed by atoms with Crippen molar-refractivity contribution in [3.8, 4) is 11.5 Å². The van der Waals surface area contributed by atoms with Gasteiger partial charge in [0.25, 0.3) is 0 Å². The van der Waals surface area contributed by atoms with Gasteiger partial charge < -0.3 is 20.3 Å². The van der Waals surface area contributed by atoms with Crippen LogP contribution >= 0.6 is 0 Å². The number of methoxy groups -OCH3 is 1. The number of rotatable bonds is 3. The molecule has 1 heterocycles. The van der Waals surface area contributed by atoms with Gasteiger partial charge in [-0.1, -0.05) is 6.07 Å². The van der Waals surface area contributed by atoms with Gasteiger partial charge in [-0.2, -0.15) is 0 Å². The second kappa shape index (κ2) is 4.08. The fraction of sp³-hybridized carbons (Fsp3) is 0.455. The molecule has 82 valence electrons. The minimum atomic E-state index is -0.341. The number of fused-ring (bicyclic) bond motifs is 1. The average Bonchev–Trinajstić information content (AvgIpc) is 2.75. The highest BCUT2D eigenvalue weighted by atomic mass is 16.5. The van der Waals surface area contributed by atoms with E-state index in [1.165, 1.54) is 0 Å². The van der Waals surface area contributed by atoms with E-state index >= 15 is 0 Å². The largest absolute Gasteiger partial charge is 0.493 e. The summed E-state index contributed by atoms with van der Waals surface area (Å²) in [5.41, 5.74) is 7.83. The van der Waals surface area contributed by atoms with E-state index in [9.17, 15) is 0 Å². The van der Waals surface area contributed by atoms with Crippen LogP contribution in [0, 0.1) is 0 Å². The first-order valence-electron chi connectivity index (χ1n) is 4.97. The molecule has 15 heavy (non-hydrogen) atoms. The molecule has 4 nitrogen and oxygen atoms in total. The fourth-order valence-electron chi connectivity index (χ4n) is 1.90. The van der Waals surface area contributed by atoms with E-state index in [2.05, 4.69) is 0 Å². The Kier molecular flexibility index (Phi) is 2.79. The Bertz CT molecular complexity index is 365. The van der Waals surface area contributed by atoms with Crippen LogP contribution in [0.2, 0.25) is 0 Å². The second-order valence-electron chi connectivity index (χ2n) is 3.55. The zero-order chi connectivity index (χ0) is 10.8. The highest BCUT2D eigenvalue weighted by Crippen LogP contribution is 2.39. The summed E-state index contributed by atoms with van der Waals surface area (Å²) in [5, 5.41) is 9.05. The molecule has 4 heteroatoms. The first-order chi connectivity index (χ1) is 7.27. The number of ether oxygens (including phenoxy) is 2. The molecule has 0 spiro atoms. The number of nitrogens with two attached hydrogens (primary N) is 1. The van der Waals surface area contributed by atoms with Crippen LogP contribution in [0.15, 0.2) is 12.1 Å². The number of hydrogen-bond donors (Lipinski definition) is 2. The van der Waals surface area contributed by atoms with Crippen molar-refractivity contribution in [2.24, 2.45) is 5.73 Å². The lowest BCUT2D eigenvalue weighted by atomic mass is 9.99. The van der Waals surface area contributed by atoms with Crippen LogP contribution in [0.25, 0.3) is 0 Å². The Hall–Kier alpha value is -1.26. The number of hydrogen-bond acceptors (Lipinski definition) is 4. The average molecular weight is 209 g/mol. The monoisotopic (exact) mass is 209 g/mol. The van der Waals surface area contributed by atoms with Crippen molar-refractivity contribution in [2.45, 2.75) is 12.5 Å². The maximum Gasteiger partial charge on any atom is 0.164 e. The number of aliphatic hydroxyl groups is 1. The van der Waals surface area contributed by atoms with Gasteiger partial charge in [-0.05, 0) is 11.6 Å². The summed E-state index contributed by atoms with van der Waals surface area (Å²) in [6.45, 7) is 0.597. The lowest BCUT2D eigenvalue weighted by molar-refractivity contribution is 0.267. The first kappa shape index (κ1) is 10.3. The Morgan fingerprint density at radius 3 is 3.07 bits per heavy atom. The molecule has 0 aromatic heterocycles. The Morgan fingerprint density at radius 2 is 2.40 bits per heavy atom. The molecule has 0 fully saturated rings. The molecule has 0 radical (unpaired) electrons. The van der Waals surface area contributed by atoms with Crippen LogP contribution in [0.5, 0.6) is 11.5 Å². The van der Waals surface area contributed by atoms with Gasteiger partial charge in [0.05, 0.1) is 26.4 Å². The summed E-state index contributed by atoms with van der Waals surface area (Å²) in [5.74, 6) is 1.51. The minimum absolute atomic E-state index is 0.0568. The van der Waals surface area contributed by atoms with E-state index in [4.69, 9.17) is 20.3 Å². The van der Waals surface area contributed by atoms with E-state index in [1.807, 2.05) is 12.1 Å². The molecule has 1 unspecified atom stereocenters. The van der Waals surface area contributed by atoms with Crippen molar-refractivity contribution in [3.63, 3.8) is 0 Å². The third-order valence-corrected chi connectivity index (χ3v) is 2.68. The van der Waals surface area contributed by atoms with Gasteiger partial charge in [-0.3, -0.25) is 0 Å². The van der Waals surface area contributed by atoms with Gasteiger partial charge >= 0.3 is 0 Å². The fourth-order valence-corrected chi connectivity index (χ4v) is 1.90. The minimum Gasteiger partial charge on any atom is -0.493 e. The van der Waals surface area contributed by atoms with Gasteiger partial charge in [0.2, 0.25) is 0 Å². The molecule has 1 aromatic rings. The van der Waals surface area contributed by atoms with Crippen LogP contribution in [-0.2, 0) is 6.42 Å². The third kappa shape index (κ3) is 1.66. The second-order valence-corrected chi connectivity index (χ2v) is 3.55. The molecule has 1 aliphatic rings. The van der Waals surface area contributed by atoms with E-state index in [0.29, 0.717) is 6.61 Å². The van der Waals surface area contributed by atoms with Crippen LogP contribution in [-0.4, -0.2) is 25.4 Å². The van der Waals surface area contributed by atoms with E-state index in [1.54, 1.807) is 7.11 Å². The zero-order valence-corrected chi connectivity index (χ0v) is 8.69. The van der Waals surface area contributed by atoms with E-state index in [0.717, 1.165) is 29.0 Å². The van der Waals surface area contributed by atoms with Crippen molar-refractivity contribution in [2.75, 3.05) is 20.3 Å². The summed E-state index contributed by atoms with van der Waals surface area (Å²) in [6, 6.07) is 3.38. The summed E-state index contributed by atoms with van der Waals surface area (Å²) in [4.78, 5) is 0. The molecule has 2 rings (SSSR count). The van der Waals surface area contributed by atoms with Gasteiger partial charge in [-0.15, -0.1) is 0 Å². The predicted molar refractivity (Wildman–Crippen MR) is 56.2 cm³/mol. The standard InChI is InChI=1S/C11H15NO3/c1-14-10-3-2-7(9(12)6-13)8-4-5-15-11(8)10/h2-3,9,13H,4-6,12H2,1H3. The third-order valence-electron chi connectivity index (χ3n) is 2.68. The van der Waals surface area contributed by atoms with Gasteiger partial charge in [0.1, 0.15) is 0 Å². The zero-order valence-electron chi connectivity index (χ0n) is 8.69. The molecular formula is C11H15NO3. The summed E-state index contributed by atoms with van der Waals surface area (Å²) in [7, 11) is 1.61. The molecule has 0 amide bonds. The lowest BCUT2D eigenvalue weighted by Crippen LogP contribution is -2.16. The first-order valence-corrected chi connectivity index (χ1v) is 4.97. The summed E-state index contributed by atoms with van der Waals surface area (Å²) in [6.07, 6.45) is 0.829. The SMILES string of the molecule is COc1ccc(C(N)CO)c2c1OCC2. The maximum absolute atomic E-state index is 9.05. The maximum atomic E-state index is 9.05.